The van der Waals surface area contributed by atoms with E-state index >= 15 is 0 Å². The van der Waals surface area contributed by atoms with Crippen molar-refractivity contribution < 1.29 is 19.1 Å². The summed E-state index contributed by atoms with van der Waals surface area (Å²) < 4.78 is 11.0. The number of ether oxygens (including phenoxy) is 2. The lowest BCUT2D eigenvalue weighted by Crippen LogP contribution is -2.50. The SMILES string of the molecule is CC(C)(C)OC(=O)NCC(NCC1CCCN(C(=O)OC(C)(C)C)C1)C1CCCCC1. The molecule has 1 saturated carbocycles. The Hall–Kier alpha value is -1.50. The Morgan fingerprint density at radius 3 is 2.19 bits per heavy atom. The summed E-state index contributed by atoms with van der Waals surface area (Å²) in [6.07, 6.45) is 7.73. The van der Waals surface area contributed by atoms with E-state index in [0.717, 1.165) is 32.5 Å². The zero-order valence-electron chi connectivity index (χ0n) is 20.6. The fraction of sp³-hybridized carbons (Fsp3) is 0.917. The molecule has 0 bridgehead atoms. The zero-order chi connectivity index (χ0) is 23.1. The maximum atomic E-state index is 12.5. The molecule has 1 aliphatic heterocycles. The van der Waals surface area contributed by atoms with E-state index in [4.69, 9.17) is 9.47 Å². The first kappa shape index (κ1) is 25.8. The molecule has 1 saturated heterocycles. The van der Waals surface area contributed by atoms with Gasteiger partial charge in [0.05, 0.1) is 0 Å². The number of carbonyl (C=O) groups is 2. The van der Waals surface area contributed by atoms with E-state index in [0.29, 0.717) is 18.4 Å². The van der Waals surface area contributed by atoms with Gasteiger partial charge in [-0.25, -0.2) is 9.59 Å². The lowest BCUT2D eigenvalue weighted by molar-refractivity contribution is 0.0162. The van der Waals surface area contributed by atoms with Gasteiger partial charge in [0, 0.05) is 25.7 Å². The Bertz CT molecular complexity index is 576. The van der Waals surface area contributed by atoms with E-state index in [2.05, 4.69) is 10.6 Å². The number of amides is 2. The standard InChI is InChI=1S/C24H45N3O4/c1-23(2,3)30-21(28)26-16-20(19-12-8-7-9-13-19)25-15-18-11-10-14-27(17-18)22(29)31-24(4,5)6/h18-20,25H,7-17H2,1-6H3,(H,26,28). The third kappa shape index (κ3) is 10.1. The van der Waals surface area contributed by atoms with Crippen LogP contribution in [-0.4, -0.2) is 60.5 Å². The fourth-order valence-electron chi connectivity index (χ4n) is 4.49. The molecule has 1 heterocycles. The Morgan fingerprint density at radius 2 is 1.58 bits per heavy atom. The predicted octanol–water partition coefficient (Wildman–Crippen LogP) is 4.70. The highest BCUT2D eigenvalue weighted by molar-refractivity contribution is 5.68. The van der Waals surface area contributed by atoms with Crippen molar-refractivity contribution in [3.63, 3.8) is 0 Å². The molecule has 2 amide bonds. The number of rotatable bonds is 6. The second-order valence-corrected chi connectivity index (χ2v) is 11.2. The average Bonchev–Trinajstić information content (AvgIpc) is 2.66. The lowest BCUT2D eigenvalue weighted by Gasteiger charge is -2.36. The monoisotopic (exact) mass is 439 g/mol. The normalized spacial score (nSPS) is 22.0. The molecule has 0 aromatic carbocycles. The smallest absolute Gasteiger partial charge is 0.410 e. The van der Waals surface area contributed by atoms with Crippen molar-refractivity contribution in [3.8, 4) is 0 Å². The fourth-order valence-corrected chi connectivity index (χ4v) is 4.49. The second kappa shape index (κ2) is 11.4. The number of hydrogen-bond acceptors (Lipinski definition) is 5. The molecule has 7 heteroatoms. The Balaban J connectivity index is 1.88. The van der Waals surface area contributed by atoms with E-state index in [9.17, 15) is 9.59 Å². The first-order valence-electron chi connectivity index (χ1n) is 12.1. The van der Waals surface area contributed by atoms with Crippen LogP contribution < -0.4 is 10.6 Å². The molecule has 180 valence electrons. The van der Waals surface area contributed by atoms with Crippen LogP contribution in [0.5, 0.6) is 0 Å². The lowest BCUT2D eigenvalue weighted by atomic mass is 9.83. The third-order valence-electron chi connectivity index (χ3n) is 5.92. The van der Waals surface area contributed by atoms with Crippen LogP contribution in [0, 0.1) is 11.8 Å². The van der Waals surface area contributed by atoms with Gasteiger partial charge in [-0.2, -0.15) is 0 Å². The summed E-state index contributed by atoms with van der Waals surface area (Å²) in [5, 5.41) is 6.70. The van der Waals surface area contributed by atoms with Gasteiger partial charge < -0.3 is 25.0 Å². The summed E-state index contributed by atoms with van der Waals surface area (Å²) in [4.78, 5) is 26.5. The van der Waals surface area contributed by atoms with Crippen molar-refractivity contribution in [2.45, 2.75) is 104 Å². The minimum atomic E-state index is -0.495. The van der Waals surface area contributed by atoms with E-state index in [1.54, 1.807) is 0 Å². The van der Waals surface area contributed by atoms with Crippen molar-refractivity contribution in [2.24, 2.45) is 11.8 Å². The van der Waals surface area contributed by atoms with Gasteiger partial charge in [0.2, 0.25) is 0 Å². The molecule has 31 heavy (non-hydrogen) atoms. The number of hydrogen-bond donors (Lipinski definition) is 2. The van der Waals surface area contributed by atoms with Gasteiger partial charge >= 0.3 is 12.2 Å². The highest BCUT2D eigenvalue weighted by atomic mass is 16.6. The van der Waals surface area contributed by atoms with Gasteiger partial charge in [0.25, 0.3) is 0 Å². The maximum Gasteiger partial charge on any atom is 0.410 e. The molecule has 2 N–H and O–H groups in total. The van der Waals surface area contributed by atoms with Crippen LogP contribution in [-0.2, 0) is 9.47 Å². The maximum absolute atomic E-state index is 12.5. The van der Waals surface area contributed by atoms with Crippen LogP contribution in [0.25, 0.3) is 0 Å². The first-order valence-corrected chi connectivity index (χ1v) is 12.1. The zero-order valence-corrected chi connectivity index (χ0v) is 20.6. The van der Waals surface area contributed by atoms with Crippen LogP contribution in [0.2, 0.25) is 0 Å². The van der Waals surface area contributed by atoms with Crippen molar-refractivity contribution in [1.82, 2.24) is 15.5 Å². The van der Waals surface area contributed by atoms with Crippen LogP contribution in [0.15, 0.2) is 0 Å². The Morgan fingerprint density at radius 1 is 0.935 bits per heavy atom. The molecule has 1 aliphatic carbocycles. The Kier molecular flexibility index (Phi) is 9.46. The Labute approximate surface area is 189 Å². The van der Waals surface area contributed by atoms with Gasteiger partial charge in [0.1, 0.15) is 11.2 Å². The summed E-state index contributed by atoms with van der Waals surface area (Å²) in [6, 6.07) is 0.227. The second-order valence-electron chi connectivity index (χ2n) is 11.2. The van der Waals surface area contributed by atoms with Gasteiger partial charge in [0.15, 0.2) is 0 Å². The largest absolute Gasteiger partial charge is 0.444 e. The van der Waals surface area contributed by atoms with Crippen LogP contribution in [0.3, 0.4) is 0 Å². The molecule has 0 radical (unpaired) electrons. The molecule has 0 aromatic heterocycles. The highest BCUT2D eigenvalue weighted by Crippen LogP contribution is 2.27. The minimum absolute atomic E-state index is 0.215. The predicted molar refractivity (Wildman–Crippen MR) is 123 cm³/mol. The molecule has 0 spiro atoms. The first-order chi connectivity index (χ1) is 14.4. The number of carbonyl (C=O) groups excluding carboxylic acids is 2. The van der Waals surface area contributed by atoms with Crippen LogP contribution in [0.4, 0.5) is 9.59 Å². The number of piperidine rings is 1. The van der Waals surface area contributed by atoms with E-state index in [-0.39, 0.29) is 18.2 Å². The molecule has 2 fully saturated rings. The molecule has 2 rings (SSSR count). The summed E-state index contributed by atoms with van der Waals surface area (Å²) >= 11 is 0. The third-order valence-corrected chi connectivity index (χ3v) is 5.92. The number of likely N-dealkylation sites (tertiary alicyclic amines) is 1. The minimum Gasteiger partial charge on any atom is -0.444 e. The van der Waals surface area contributed by atoms with Crippen LogP contribution in [0.1, 0.15) is 86.5 Å². The summed E-state index contributed by atoms with van der Waals surface area (Å²) in [5.74, 6) is 0.961. The van der Waals surface area contributed by atoms with Crippen molar-refractivity contribution in [1.29, 1.82) is 0 Å². The van der Waals surface area contributed by atoms with Gasteiger partial charge in [-0.05, 0) is 85.6 Å². The topological polar surface area (TPSA) is 79.9 Å². The molecular formula is C24H45N3O4. The summed E-state index contributed by atoms with van der Waals surface area (Å²) in [7, 11) is 0. The van der Waals surface area contributed by atoms with E-state index in [1.807, 2.05) is 46.4 Å². The molecule has 2 atom stereocenters. The molecule has 2 aliphatic rings. The van der Waals surface area contributed by atoms with Crippen molar-refractivity contribution in [2.75, 3.05) is 26.2 Å². The highest BCUT2D eigenvalue weighted by Gasteiger charge is 2.30. The number of nitrogens with one attached hydrogen (secondary N) is 2. The number of alkyl carbamates (subject to hydrolysis) is 1. The quantitative estimate of drug-likeness (QED) is 0.627. The molecule has 2 unspecified atom stereocenters. The van der Waals surface area contributed by atoms with Crippen LogP contribution >= 0.6 is 0 Å². The molecular weight excluding hydrogens is 394 g/mol. The average molecular weight is 440 g/mol. The number of nitrogens with zero attached hydrogens (tertiary/aromatic N) is 1. The van der Waals surface area contributed by atoms with Crippen molar-refractivity contribution >= 4 is 12.2 Å². The van der Waals surface area contributed by atoms with Crippen molar-refractivity contribution in [3.05, 3.63) is 0 Å². The summed E-state index contributed by atoms with van der Waals surface area (Å²) in [5.41, 5.74) is -0.966. The van der Waals surface area contributed by atoms with Gasteiger partial charge in [-0.15, -0.1) is 0 Å². The molecule has 7 nitrogen and oxygen atoms in total. The van der Waals surface area contributed by atoms with Gasteiger partial charge in [-0.1, -0.05) is 19.3 Å². The van der Waals surface area contributed by atoms with E-state index < -0.39 is 11.2 Å². The summed E-state index contributed by atoms with van der Waals surface area (Å²) in [6.45, 7) is 14.2. The van der Waals surface area contributed by atoms with Gasteiger partial charge in [-0.3, -0.25) is 0 Å². The van der Waals surface area contributed by atoms with E-state index in [1.165, 1.54) is 32.1 Å². The molecule has 0 aromatic rings.